The van der Waals surface area contributed by atoms with Crippen LogP contribution in [0.2, 0.25) is 0 Å². The molecular formula is C27H27FN4OS. The Hall–Kier alpha value is -3.71. The predicted molar refractivity (Wildman–Crippen MR) is 141 cm³/mol. The summed E-state index contributed by atoms with van der Waals surface area (Å²) in [5.41, 5.74) is 12.5. The fourth-order valence-electron chi connectivity index (χ4n) is 4.13. The van der Waals surface area contributed by atoms with Crippen LogP contribution in [0.15, 0.2) is 60.2 Å². The number of thiophene rings is 1. The molecule has 2 heterocycles. The number of carbonyl (C=O) groups is 1. The van der Waals surface area contributed by atoms with Gasteiger partial charge >= 0.3 is 0 Å². The third-order valence-corrected chi connectivity index (χ3v) is 7.08. The van der Waals surface area contributed by atoms with Gasteiger partial charge in [-0.25, -0.2) is 4.39 Å². The van der Waals surface area contributed by atoms with Crippen molar-refractivity contribution in [3.8, 4) is 10.4 Å². The second-order valence-corrected chi connectivity index (χ2v) is 9.25. The minimum absolute atomic E-state index is 0.0344. The Kier molecular flexibility index (Phi) is 6.65. The zero-order chi connectivity index (χ0) is 24.4. The first-order chi connectivity index (χ1) is 16.3. The van der Waals surface area contributed by atoms with Gasteiger partial charge in [-0.3, -0.25) is 9.79 Å². The van der Waals surface area contributed by atoms with Gasteiger partial charge in [-0.05, 0) is 62.2 Å². The van der Waals surface area contributed by atoms with Crippen molar-refractivity contribution < 1.29 is 9.18 Å². The van der Waals surface area contributed by atoms with Gasteiger partial charge in [0.15, 0.2) is 5.78 Å². The first-order valence-electron chi connectivity index (χ1n) is 11.0. The van der Waals surface area contributed by atoms with Crippen molar-refractivity contribution in [2.24, 2.45) is 10.7 Å². The van der Waals surface area contributed by atoms with Crippen molar-refractivity contribution in [3.05, 3.63) is 88.3 Å². The highest BCUT2D eigenvalue weighted by Gasteiger charge is 2.16. The average Bonchev–Trinajstić information content (AvgIpc) is 3.39. The molecule has 0 amide bonds. The Labute approximate surface area is 202 Å². The lowest BCUT2D eigenvalue weighted by atomic mass is 10.0. The maximum Gasteiger partial charge on any atom is 0.159 e. The van der Waals surface area contributed by atoms with E-state index in [1.165, 1.54) is 17.4 Å². The molecule has 4 aromatic rings. The monoisotopic (exact) mass is 474 g/mol. The lowest BCUT2D eigenvalue weighted by Crippen LogP contribution is -2.14. The number of nitrogens with zero attached hydrogens (tertiary/aromatic N) is 1. The molecular weight excluding hydrogens is 447 g/mol. The molecule has 4 N–H and O–H groups in total. The molecule has 0 saturated carbocycles. The summed E-state index contributed by atoms with van der Waals surface area (Å²) in [6, 6.07) is 12.8. The van der Waals surface area contributed by atoms with Gasteiger partial charge in [0.2, 0.25) is 0 Å². The van der Waals surface area contributed by atoms with Gasteiger partial charge in [0.25, 0.3) is 0 Å². The number of benzene rings is 2. The van der Waals surface area contributed by atoms with E-state index in [1.807, 2.05) is 44.2 Å². The average molecular weight is 475 g/mol. The standard InChI is InChI=1S/C27H27FN4OS/c1-5-30-22-14-23(19-9-7-18(8-10-19)17(4)33)34-26(22)27(29)31-13-12-20-16(3)32-25-21(28)11-6-15(2)24(20)25/h5-11,14,30,32H,1,12-13H2,2-4H3,(H2,29,31). The molecule has 0 unspecified atom stereocenters. The van der Waals surface area contributed by atoms with Crippen molar-refractivity contribution in [1.29, 1.82) is 0 Å². The van der Waals surface area contributed by atoms with Crippen LogP contribution in [0, 0.1) is 19.7 Å². The number of amidine groups is 1. The van der Waals surface area contributed by atoms with E-state index in [0.717, 1.165) is 43.2 Å². The molecule has 2 aromatic heterocycles. The van der Waals surface area contributed by atoms with Crippen LogP contribution in [0.5, 0.6) is 0 Å². The number of rotatable bonds is 8. The quantitative estimate of drug-likeness (QED) is 0.158. The Morgan fingerprint density at radius 2 is 1.97 bits per heavy atom. The van der Waals surface area contributed by atoms with E-state index in [0.29, 0.717) is 29.9 Å². The second kappa shape index (κ2) is 9.65. The van der Waals surface area contributed by atoms with Crippen LogP contribution < -0.4 is 11.1 Å². The summed E-state index contributed by atoms with van der Waals surface area (Å²) in [5.74, 6) is 0.217. The smallest absolute Gasteiger partial charge is 0.159 e. The SMILES string of the molecule is C=CNc1cc(-c2ccc(C(C)=O)cc2)sc1C(N)=NCCc1c(C)[nH]c2c(F)ccc(C)c12. The molecule has 0 saturated heterocycles. The van der Waals surface area contributed by atoms with Gasteiger partial charge in [-0.1, -0.05) is 36.9 Å². The number of nitrogens with one attached hydrogen (secondary N) is 2. The minimum atomic E-state index is -0.249. The maximum absolute atomic E-state index is 14.2. The summed E-state index contributed by atoms with van der Waals surface area (Å²) in [5, 5.41) is 4.06. The van der Waals surface area contributed by atoms with Crippen molar-refractivity contribution in [3.63, 3.8) is 0 Å². The number of nitrogens with two attached hydrogens (primary N) is 1. The number of H-pyrrole nitrogens is 1. The van der Waals surface area contributed by atoms with Crippen LogP contribution in [0.1, 0.15) is 39.0 Å². The summed E-state index contributed by atoms with van der Waals surface area (Å²) in [6.45, 7) is 9.73. The van der Waals surface area contributed by atoms with Gasteiger partial charge in [0.1, 0.15) is 11.7 Å². The fraction of sp³-hybridized carbons (Fsp3) is 0.185. The van der Waals surface area contributed by atoms with Gasteiger partial charge in [-0.2, -0.15) is 0 Å². The number of carbonyl (C=O) groups excluding carboxylic acids is 1. The fourth-order valence-corrected chi connectivity index (χ4v) is 5.17. The zero-order valence-corrected chi connectivity index (χ0v) is 20.3. The predicted octanol–water partition coefficient (Wildman–Crippen LogP) is 6.36. The summed E-state index contributed by atoms with van der Waals surface area (Å²) >= 11 is 1.53. The highest BCUT2D eigenvalue weighted by atomic mass is 32.1. The van der Waals surface area contributed by atoms with E-state index in [9.17, 15) is 9.18 Å². The first-order valence-corrected chi connectivity index (χ1v) is 11.8. The topological polar surface area (TPSA) is 83.3 Å². The van der Waals surface area contributed by atoms with Crippen molar-refractivity contribution in [1.82, 2.24) is 4.98 Å². The number of aromatic amines is 1. The molecule has 174 valence electrons. The number of aromatic nitrogens is 1. The Bertz CT molecular complexity index is 1410. The summed E-state index contributed by atoms with van der Waals surface area (Å²) in [6.07, 6.45) is 2.25. The van der Waals surface area contributed by atoms with Crippen molar-refractivity contribution >= 4 is 39.5 Å². The third-order valence-electron chi connectivity index (χ3n) is 5.87. The van der Waals surface area contributed by atoms with E-state index in [-0.39, 0.29) is 11.6 Å². The number of Topliss-reactive ketones (excluding diaryl/α,β-unsaturated/α-hetero) is 1. The van der Waals surface area contributed by atoms with E-state index in [2.05, 4.69) is 21.9 Å². The number of aryl methyl sites for hydroxylation is 2. The van der Waals surface area contributed by atoms with E-state index in [1.54, 1.807) is 19.2 Å². The number of halogens is 1. The molecule has 0 aliphatic heterocycles. The van der Waals surface area contributed by atoms with Gasteiger partial charge in [0.05, 0.1) is 16.1 Å². The van der Waals surface area contributed by atoms with Gasteiger partial charge < -0.3 is 16.0 Å². The molecule has 0 fully saturated rings. The third kappa shape index (κ3) is 4.52. The molecule has 0 aliphatic rings. The highest BCUT2D eigenvalue weighted by molar-refractivity contribution is 7.18. The largest absolute Gasteiger partial charge is 0.383 e. The Balaban J connectivity index is 1.60. The van der Waals surface area contributed by atoms with E-state index >= 15 is 0 Å². The molecule has 34 heavy (non-hydrogen) atoms. The molecule has 0 spiro atoms. The number of fused-ring (bicyclic) bond motifs is 1. The molecule has 0 radical (unpaired) electrons. The van der Waals surface area contributed by atoms with Gasteiger partial charge in [0, 0.05) is 28.1 Å². The lowest BCUT2D eigenvalue weighted by molar-refractivity contribution is 0.101. The van der Waals surface area contributed by atoms with Gasteiger partial charge in [-0.15, -0.1) is 11.3 Å². The molecule has 0 atom stereocenters. The second-order valence-electron chi connectivity index (χ2n) is 8.20. The molecule has 7 heteroatoms. The van der Waals surface area contributed by atoms with E-state index in [4.69, 9.17) is 5.73 Å². The number of hydrogen-bond donors (Lipinski definition) is 3. The Morgan fingerprint density at radius 1 is 1.24 bits per heavy atom. The summed E-state index contributed by atoms with van der Waals surface area (Å²) in [7, 11) is 0. The van der Waals surface area contributed by atoms with Crippen molar-refractivity contribution in [2.45, 2.75) is 27.2 Å². The van der Waals surface area contributed by atoms with Crippen LogP contribution in [-0.4, -0.2) is 23.1 Å². The normalized spacial score (nSPS) is 11.7. The van der Waals surface area contributed by atoms with Crippen LogP contribution in [0.25, 0.3) is 21.3 Å². The molecule has 4 rings (SSSR count). The summed E-state index contributed by atoms with van der Waals surface area (Å²) < 4.78 is 14.2. The maximum atomic E-state index is 14.2. The molecule has 2 aromatic carbocycles. The van der Waals surface area contributed by atoms with Crippen LogP contribution >= 0.6 is 11.3 Å². The Morgan fingerprint density at radius 3 is 2.65 bits per heavy atom. The molecule has 0 bridgehead atoms. The number of ketones is 1. The highest BCUT2D eigenvalue weighted by Crippen LogP contribution is 2.35. The zero-order valence-electron chi connectivity index (χ0n) is 19.5. The molecule has 5 nitrogen and oxygen atoms in total. The molecule has 0 aliphatic carbocycles. The first kappa shape index (κ1) is 23.4. The lowest BCUT2D eigenvalue weighted by Gasteiger charge is -2.05. The van der Waals surface area contributed by atoms with Crippen molar-refractivity contribution in [2.75, 3.05) is 11.9 Å². The number of anilines is 1. The van der Waals surface area contributed by atoms with E-state index < -0.39 is 0 Å². The van der Waals surface area contributed by atoms with Crippen LogP contribution in [0.3, 0.4) is 0 Å². The summed E-state index contributed by atoms with van der Waals surface area (Å²) in [4.78, 5) is 21.2. The van der Waals surface area contributed by atoms with Crippen LogP contribution in [-0.2, 0) is 6.42 Å². The number of aliphatic imine (C=N–C) groups is 1. The minimum Gasteiger partial charge on any atom is -0.383 e. The van der Waals surface area contributed by atoms with Crippen LogP contribution in [0.4, 0.5) is 10.1 Å². The number of hydrogen-bond acceptors (Lipinski definition) is 4.